The van der Waals surface area contributed by atoms with Gasteiger partial charge in [-0.15, -0.1) is 0 Å². The first kappa shape index (κ1) is 9.88. The molecule has 1 aromatic rings. The van der Waals surface area contributed by atoms with Crippen molar-refractivity contribution in [1.82, 2.24) is 0 Å². The maximum Gasteiger partial charge on any atom is 0.110 e. The van der Waals surface area contributed by atoms with Crippen LogP contribution in [0.5, 0.6) is 0 Å². The summed E-state index contributed by atoms with van der Waals surface area (Å²) in [7, 11) is 0. The van der Waals surface area contributed by atoms with Crippen molar-refractivity contribution in [3.05, 3.63) is 28.7 Å². The Kier molecular flexibility index (Phi) is 2.79. The smallest absolute Gasteiger partial charge is 0.110 e. The van der Waals surface area contributed by atoms with Gasteiger partial charge in [0.25, 0.3) is 0 Å². The minimum Gasteiger partial charge on any atom is -0.466 e. The van der Waals surface area contributed by atoms with Gasteiger partial charge >= 0.3 is 0 Å². The Bertz CT molecular complexity index is 396. The molecule has 0 N–H and O–H groups in total. The first-order valence-corrected chi connectivity index (χ1v) is 4.28. The second-order valence-electron chi connectivity index (χ2n) is 2.84. The van der Waals surface area contributed by atoms with Gasteiger partial charge in [0, 0.05) is 11.6 Å². The van der Waals surface area contributed by atoms with E-state index < -0.39 is 0 Å². The van der Waals surface area contributed by atoms with Crippen molar-refractivity contribution in [2.45, 2.75) is 20.8 Å². The van der Waals surface area contributed by atoms with E-state index in [2.05, 4.69) is 0 Å². The monoisotopic (exact) mass is 195 g/mol. The zero-order valence-corrected chi connectivity index (χ0v) is 8.57. The number of furan rings is 1. The Morgan fingerprint density at radius 3 is 2.38 bits per heavy atom. The molecular weight excluding hydrogens is 186 g/mol. The molecule has 0 spiro atoms. The summed E-state index contributed by atoms with van der Waals surface area (Å²) in [5.74, 6) is 1.60. The first-order chi connectivity index (χ1) is 6.07. The highest BCUT2D eigenvalue weighted by Crippen LogP contribution is 2.29. The molecule has 0 radical (unpaired) electrons. The summed E-state index contributed by atoms with van der Waals surface area (Å²) >= 11 is 5.91. The van der Waals surface area contributed by atoms with Gasteiger partial charge in [0.2, 0.25) is 0 Å². The van der Waals surface area contributed by atoms with Gasteiger partial charge in [0.05, 0.1) is 11.1 Å². The van der Waals surface area contributed by atoms with Gasteiger partial charge in [0.15, 0.2) is 0 Å². The molecule has 0 aliphatic rings. The fraction of sp³-hybridized carbons (Fsp3) is 0.300. The molecule has 0 fully saturated rings. The SMILES string of the molecule is Cc1oc(C)c(/C(Cl)=C/C#N)c1C. The van der Waals surface area contributed by atoms with E-state index in [1.807, 2.05) is 26.8 Å². The average Bonchev–Trinajstić information content (AvgIpc) is 2.27. The Morgan fingerprint density at radius 2 is 2.00 bits per heavy atom. The Hall–Kier alpha value is -1.20. The van der Waals surface area contributed by atoms with E-state index in [9.17, 15) is 0 Å². The molecule has 0 unspecified atom stereocenters. The van der Waals surface area contributed by atoms with Crippen LogP contribution in [0, 0.1) is 32.1 Å². The summed E-state index contributed by atoms with van der Waals surface area (Å²) in [6.07, 6.45) is 1.31. The summed E-state index contributed by atoms with van der Waals surface area (Å²) in [4.78, 5) is 0. The Morgan fingerprint density at radius 1 is 1.38 bits per heavy atom. The predicted octanol–water partition coefficient (Wildman–Crippen LogP) is 3.31. The fourth-order valence-corrected chi connectivity index (χ4v) is 1.60. The summed E-state index contributed by atoms with van der Waals surface area (Å²) < 4.78 is 5.38. The van der Waals surface area contributed by atoms with Crippen LogP contribution in [-0.2, 0) is 0 Å². The molecular formula is C10H10ClNO. The largest absolute Gasteiger partial charge is 0.466 e. The van der Waals surface area contributed by atoms with Gasteiger partial charge < -0.3 is 4.42 Å². The molecule has 0 aliphatic carbocycles. The van der Waals surface area contributed by atoms with Crippen molar-refractivity contribution in [2.24, 2.45) is 0 Å². The molecule has 1 rings (SSSR count). The highest BCUT2D eigenvalue weighted by Gasteiger charge is 2.13. The molecule has 0 bridgehead atoms. The molecule has 1 heterocycles. The second kappa shape index (κ2) is 3.68. The van der Waals surface area contributed by atoms with Crippen LogP contribution in [0.4, 0.5) is 0 Å². The summed E-state index contributed by atoms with van der Waals surface area (Å²) in [6, 6.07) is 1.89. The topological polar surface area (TPSA) is 36.9 Å². The van der Waals surface area contributed by atoms with Crippen LogP contribution in [0.2, 0.25) is 0 Å². The van der Waals surface area contributed by atoms with Gasteiger partial charge in [-0.05, 0) is 26.3 Å². The number of nitrogens with zero attached hydrogens (tertiary/aromatic N) is 1. The highest BCUT2D eigenvalue weighted by molar-refractivity contribution is 6.49. The number of hydrogen-bond donors (Lipinski definition) is 0. The van der Waals surface area contributed by atoms with Crippen LogP contribution in [0.3, 0.4) is 0 Å². The average molecular weight is 196 g/mol. The van der Waals surface area contributed by atoms with Crippen LogP contribution in [0.1, 0.15) is 22.6 Å². The minimum atomic E-state index is 0.439. The predicted molar refractivity (Wildman–Crippen MR) is 52.4 cm³/mol. The van der Waals surface area contributed by atoms with Crippen LogP contribution >= 0.6 is 11.6 Å². The van der Waals surface area contributed by atoms with E-state index in [-0.39, 0.29) is 0 Å². The maximum atomic E-state index is 8.45. The lowest BCUT2D eigenvalue weighted by Crippen LogP contribution is -1.81. The molecule has 0 aromatic carbocycles. The number of aryl methyl sites for hydroxylation is 2. The molecule has 13 heavy (non-hydrogen) atoms. The molecule has 0 amide bonds. The molecule has 0 saturated heterocycles. The molecule has 2 nitrogen and oxygen atoms in total. The number of hydrogen-bond acceptors (Lipinski definition) is 2. The lowest BCUT2D eigenvalue weighted by Gasteiger charge is -1.95. The molecule has 0 aliphatic heterocycles. The molecule has 3 heteroatoms. The highest BCUT2D eigenvalue weighted by atomic mass is 35.5. The zero-order valence-electron chi connectivity index (χ0n) is 7.81. The van der Waals surface area contributed by atoms with Crippen molar-refractivity contribution in [3.63, 3.8) is 0 Å². The summed E-state index contributed by atoms with van der Waals surface area (Å²) in [5.41, 5.74) is 1.83. The van der Waals surface area contributed by atoms with E-state index >= 15 is 0 Å². The number of rotatable bonds is 1. The maximum absolute atomic E-state index is 8.45. The second-order valence-corrected chi connectivity index (χ2v) is 3.24. The number of halogens is 1. The molecule has 0 atom stereocenters. The Labute approximate surface area is 82.4 Å². The standard InChI is InChI=1S/C10H10ClNO/c1-6-7(2)13-8(3)10(6)9(11)4-5-12/h4H,1-3H3/b9-4-. The van der Waals surface area contributed by atoms with Crippen molar-refractivity contribution < 1.29 is 4.42 Å². The van der Waals surface area contributed by atoms with E-state index in [0.717, 1.165) is 22.6 Å². The van der Waals surface area contributed by atoms with Gasteiger partial charge in [0.1, 0.15) is 11.5 Å². The van der Waals surface area contributed by atoms with Crippen molar-refractivity contribution >= 4 is 16.6 Å². The zero-order chi connectivity index (χ0) is 10.0. The van der Waals surface area contributed by atoms with Crippen molar-refractivity contribution in [2.75, 3.05) is 0 Å². The quantitative estimate of drug-likeness (QED) is 0.645. The lowest BCUT2D eigenvalue weighted by molar-refractivity contribution is 0.502. The first-order valence-electron chi connectivity index (χ1n) is 3.90. The third-order valence-electron chi connectivity index (χ3n) is 1.99. The third kappa shape index (κ3) is 1.76. The summed E-state index contributed by atoms with van der Waals surface area (Å²) in [6.45, 7) is 5.64. The van der Waals surface area contributed by atoms with Gasteiger partial charge in [-0.25, -0.2) is 0 Å². The van der Waals surface area contributed by atoms with Crippen molar-refractivity contribution in [1.29, 1.82) is 5.26 Å². The van der Waals surface area contributed by atoms with Crippen LogP contribution < -0.4 is 0 Å². The van der Waals surface area contributed by atoms with E-state index in [1.165, 1.54) is 6.08 Å². The fourth-order valence-electron chi connectivity index (χ4n) is 1.27. The Balaban J connectivity index is 3.31. The van der Waals surface area contributed by atoms with Gasteiger partial charge in [-0.2, -0.15) is 5.26 Å². The van der Waals surface area contributed by atoms with Crippen LogP contribution in [0.25, 0.3) is 5.03 Å². The molecule has 0 saturated carbocycles. The van der Waals surface area contributed by atoms with Crippen molar-refractivity contribution in [3.8, 4) is 6.07 Å². The molecule has 68 valence electrons. The number of allylic oxidation sites excluding steroid dienone is 1. The van der Waals surface area contributed by atoms with Crippen LogP contribution in [0.15, 0.2) is 10.5 Å². The van der Waals surface area contributed by atoms with Gasteiger partial charge in [-0.3, -0.25) is 0 Å². The third-order valence-corrected chi connectivity index (χ3v) is 2.29. The molecule has 1 aromatic heterocycles. The van der Waals surface area contributed by atoms with Gasteiger partial charge in [-0.1, -0.05) is 11.6 Å². The minimum absolute atomic E-state index is 0.439. The van der Waals surface area contributed by atoms with E-state index in [0.29, 0.717) is 5.03 Å². The lowest BCUT2D eigenvalue weighted by atomic mass is 10.1. The van der Waals surface area contributed by atoms with E-state index in [4.69, 9.17) is 21.3 Å². The summed E-state index contributed by atoms with van der Waals surface area (Å²) in [5, 5.41) is 8.88. The van der Waals surface area contributed by atoms with E-state index in [1.54, 1.807) is 0 Å². The van der Waals surface area contributed by atoms with Crippen LogP contribution in [-0.4, -0.2) is 0 Å². The normalized spacial score (nSPS) is 11.5. The number of nitriles is 1.